The van der Waals surface area contributed by atoms with Gasteiger partial charge in [-0.05, 0) is 48.6 Å². The van der Waals surface area contributed by atoms with E-state index in [0.717, 1.165) is 30.7 Å². The Morgan fingerprint density at radius 2 is 1.38 bits per heavy atom. The van der Waals surface area contributed by atoms with Crippen LogP contribution in [-0.2, 0) is 11.2 Å². The lowest BCUT2D eigenvalue weighted by Crippen LogP contribution is -2.37. The summed E-state index contributed by atoms with van der Waals surface area (Å²) in [6, 6.07) is 14.8. The highest BCUT2D eigenvalue weighted by Gasteiger charge is 2.09. The lowest BCUT2D eigenvalue weighted by molar-refractivity contribution is 0.0932. The van der Waals surface area contributed by atoms with Gasteiger partial charge in [0.2, 0.25) is 5.91 Å². The third-order valence-corrected chi connectivity index (χ3v) is 6.00. The van der Waals surface area contributed by atoms with Crippen LogP contribution in [0.4, 0.5) is 0 Å². The summed E-state index contributed by atoms with van der Waals surface area (Å²) in [4.78, 5) is 23.9. The fourth-order valence-electron chi connectivity index (χ4n) is 4.00. The molecule has 0 saturated carbocycles. The van der Waals surface area contributed by atoms with Crippen LogP contribution in [0.5, 0.6) is 0 Å². The lowest BCUT2D eigenvalue weighted by atomic mass is 9.98. The molecule has 6 nitrogen and oxygen atoms in total. The number of nitrogens with one attached hydrogen (secondary N) is 2. The summed E-state index contributed by atoms with van der Waals surface area (Å²) < 4.78 is 5.07. The van der Waals surface area contributed by atoms with Crippen molar-refractivity contribution in [2.24, 2.45) is 5.73 Å². The zero-order valence-corrected chi connectivity index (χ0v) is 20.6. The molecule has 4 N–H and O–H groups in total. The summed E-state index contributed by atoms with van der Waals surface area (Å²) in [5.74, 6) is -0.573. The van der Waals surface area contributed by atoms with Gasteiger partial charge in [-0.25, -0.2) is 5.43 Å². The zero-order chi connectivity index (χ0) is 24.4. The second-order valence-corrected chi connectivity index (χ2v) is 8.80. The minimum absolute atomic E-state index is 0.144. The van der Waals surface area contributed by atoms with Crippen LogP contribution in [0.15, 0.2) is 48.5 Å². The number of nitrogens with two attached hydrogens (primary N) is 1. The van der Waals surface area contributed by atoms with Gasteiger partial charge in [0.25, 0.3) is 5.91 Å². The molecule has 0 radical (unpaired) electrons. The SMILES string of the molecule is COCCCCCCCCCCCCNNC(=O)c1ccc(Cc2ccccc2C(N)=O)cc1. The summed E-state index contributed by atoms with van der Waals surface area (Å²) in [5.41, 5.74) is 14.3. The molecule has 0 unspecified atom stereocenters. The summed E-state index contributed by atoms with van der Waals surface area (Å²) in [6.45, 7) is 1.66. The average Bonchev–Trinajstić information content (AvgIpc) is 2.84. The Morgan fingerprint density at radius 1 is 0.794 bits per heavy atom. The number of amides is 2. The molecule has 0 heterocycles. The molecule has 2 aromatic carbocycles. The van der Waals surface area contributed by atoms with Gasteiger partial charge >= 0.3 is 0 Å². The molecule has 0 aliphatic heterocycles. The van der Waals surface area contributed by atoms with Gasteiger partial charge in [0.1, 0.15) is 0 Å². The molecular formula is C28H41N3O3. The number of ether oxygens (including phenoxy) is 1. The van der Waals surface area contributed by atoms with Crippen molar-refractivity contribution in [2.75, 3.05) is 20.3 Å². The van der Waals surface area contributed by atoms with Crippen LogP contribution in [-0.4, -0.2) is 32.1 Å². The van der Waals surface area contributed by atoms with E-state index in [1.807, 2.05) is 24.3 Å². The van der Waals surface area contributed by atoms with Crippen molar-refractivity contribution in [3.8, 4) is 0 Å². The molecule has 0 fully saturated rings. The number of benzene rings is 2. The maximum Gasteiger partial charge on any atom is 0.265 e. The quantitative estimate of drug-likeness (QED) is 0.209. The van der Waals surface area contributed by atoms with Crippen LogP contribution < -0.4 is 16.6 Å². The fraction of sp³-hybridized carbons (Fsp3) is 0.500. The monoisotopic (exact) mass is 467 g/mol. The van der Waals surface area contributed by atoms with Gasteiger partial charge in [-0.15, -0.1) is 0 Å². The molecule has 2 amide bonds. The molecule has 0 spiro atoms. The lowest BCUT2D eigenvalue weighted by Gasteiger charge is -2.09. The molecule has 2 aromatic rings. The van der Waals surface area contributed by atoms with E-state index in [4.69, 9.17) is 10.5 Å². The summed E-state index contributed by atoms with van der Waals surface area (Å²) in [6.07, 6.45) is 13.1. The van der Waals surface area contributed by atoms with Crippen molar-refractivity contribution >= 4 is 11.8 Å². The predicted octanol–water partition coefficient (Wildman–Crippen LogP) is 5.16. The predicted molar refractivity (Wildman–Crippen MR) is 138 cm³/mol. The first kappa shape index (κ1) is 27.5. The molecule has 0 saturated heterocycles. The van der Waals surface area contributed by atoms with Crippen LogP contribution >= 0.6 is 0 Å². The molecule has 0 aromatic heterocycles. The summed E-state index contributed by atoms with van der Waals surface area (Å²) in [5, 5.41) is 0. The first-order valence-electron chi connectivity index (χ1n) is 12.6. The van der Waals surface area contributed by atoms with E-state index in [1.165, 1.54) is 57.8 Å². The van der Waals surface area contributed by atoms with E-state index in [0.29, 0.717) is 17.5 Å². The Morgan fingerprint density at radius 3 is 2.00 bits per heavy atom. The van der Waals surface area contributed by atoms with Gasteiger partial charge in [-0.3, -0.25) is 15.0 Å². The molecule has 34 heavy (non-hydrogen) atoms. The standard InChI is InChI=1S/C28H41N3O3/c1-34-21-13-9-7-5-3-2-4-6-8-12-20-30-31-28(33)24-18-16-23(17-19-24)22-25-14-10-11-15-26(25)27(29)32/h10-11,14-19,30H,2-9,12-13,20-22H2,1H3,(H2,29,32)(H,31,33). The summed E-state index contributed by atoms with van der Waals surface area (Å²) in [7, 11) is 1.76. The number of hydrogen-bond donors (Lipinski definition) is 3. The van der Waals surface area contributed by atoms with Gasteiger partial charge in [0.15, 0.2) is 0 Å². The molecule has 0 bridgehead atoms. The summed E-state index contributed by atoms with van der Waals surface area (Å²) >= 11 is 0. The number of unbranched alkanes of at least 4 members (excludes halogenated alkanes) is 9. The van der Waals surface area contributed by atoms with Crippen LogP contribution in [0, 0.1) is 0 Å². The Bertz CT molecular complexity index is 852. The van der Waals surface area contributed by atoms with Crippen molar-refractivity contribution in [1.82, 2.24) is 10.9 Å². The van der Waals surface area contributed by atoms with E-state index in [2.05, 4.69) is 10.9 Å². The van der Waals surface area contributed by atoms with Crippen molar-refractivity contribution in [1.29, 1.82) is 0 Å². The average molecular weight is 468 g/mol. The largest absolute Gasteiger partial charge is 0.385 e. The Hall–Kier alpha value is -2.70. The molecule has 0 aliphatic carbocycles. The smallest absolute Gasteiger partial charge is 0.265 e. The van der Waals surface area contributed by atoms with Crippen molar-refractivity contribution in [3.63, 3.8) is 0 Å². The van der Waals surface area contributed by atoms with E-state index < -0.39 is 5.91 Å². The van der Waals surface area contributed by atoms with Crippen molar-refractivity contribution in [2.45, 2.75) is 70.6 Å². The minimum atomic E-state index is -0.429. The highest BCUT2D eigenvalue weighted by molar-refractivity contribution is 5.95. The van der Waals surface area contributed by atoms with Crippen LogP contribution in [0.3, 0.4) is 0 Å². The number of rotatable bonds is 18. The Kier molecular flexibility index (Phi) is 13.6. The zero-order valence-electron chi connectivity index (χ0n) is 20.6. The van der Waals surface area contributed by atoms with E-state index in [9.17, 15) is 9.59 Å². The van der Waals surface area contributed by atoms with Gasteiger partial charge in [-0.1, -0.05) is 81.7 Å². The third kappa shape index (κ3) is 10.9. The minimum Gasteiger partial charge on any atom is -0.385 e. The maximum absolute atomic E-state index is 12.3. The van der Waals surface area contributed by atoms with Gasteiger partial charge in [0, 0.05) is 31.4 Å². The van der Waals surface area contributed by atoms with Crippen molar-refractivity contribution < 1.29 is 14.3 Å². The number of methoxy groups -OCH3 is 1. The highest BCUT2D eigenvalue weighted by Crippen LogP contribution is 2.15. The fourth-order valence-corrected chi connectivity index (χ4v) is 4.00. The molecule has 186 valence electrons. The molecular weight excluding hydrogens is 426 g/mol. The first-order chi connectivity index (χ1) is 16.6. The molecule has 6 heteroatoms. The van der Waals surface area contributed by atoms with Gasteiger partial charge < -0.3 is 10.5 Å². The third-order valence-electron chi connectivity index (χ3n) is 6.00. The van der Waals surface area contributed by atoms with E-state index in [-0.39, 0.29) is 5.91 Å². The molecule has 0 atom stereocenters. The Labute approximate surface area is 204 Å². The van der Waals surface area contributed by atoms with E-state index in [1.54, 1.807) is 31.4 Å². The van der Waals surface area contributed by atoms with Crippen LogP contribution in [0.25, 0.3) is 0 Å². The highest BCUT2D eigenvalue weighted by atomic mass is 16.5. The Balaban J connectivity index is 1.54. The topological polar surface area (TPSA) is 93.4 Å². The second-order valence-electron chi connectivity index (χ2n) is 8.80. The number of primary amides is 1. The molecule has 0 aliphatic rings. The van der Waals surface area contributed by atoms with Gasteiger partial charge in [0.05, 0.1) is 0 Å². The number of hydrogen-bond acceptors (Lipinski definition) is 4. The second kappa shape index (κ2) is 16.8. The maximum atomic E-state index is 12.3. The number of hydrazine groups is 1. The molecule has 2 rings (SSSR count). The van der Waals surface area contributed by atoms with E-state index >= 15 is 0 Å². The van der Waals surface area contributed by atoms with Crippen LogP contribution in [0.1, 0.15) is 96.1 Å². The first-order valence-corrected chi connectivity index (χ1v) is 12.6. The number of carbonyl (C=O) groups excluding carboxylic acids is 2. The van der Waals surface area contributed by atoms with Crippen molar-refractivity contribution in [3.05, 3.63) is 70.8 Å². The normalized spacial score (nSPS) is 10.9. The van der Waals surface area contributed by atoms with Crippen LogP contribution in [0.2, 0.25) is 0 Å². The number of carbonyl (C=O) groups is 2. The van der Waals surface area contributed by atoms with Gasteiger partial charge in [-0.2, -0.15) is 0 Å².